The van der Waals surface area contributed by atoms with E-state index in [0.29, 0.717) is 24.9 Å². The molecular weight excluding hydrogens is 459 g/mol. The minimum atomic E-state index is -4.80. The van der Waals surface area contributed by atoms with Gasteiger partial charge in [-0.05, 0) is 42.7 Å². The third-order valence-corrected chi connectivity index (χ3v) is 5.57. The summed E-state index contributed by atoms with van der Waals surface area (Å²) in [4.78, 5) is 30.5. The monoisotopic (exact) mass is 479 g/mol. The van der Waals surface area contributed by atoms with Gasteiger partial charge in [0.15, 0.2) is 0 Å². The molecule has 0 aliphatic carbocycles. The zero-order valence-corrected chi connectivity index (χ0v) is 18.4. The van der Waals surface area contributed by atoms with E-state index in [-0.39, 0.29) is 27.9 Å². The Kier molecular flexibility index (Phi) is 7.53. The van der Waals surface area contributed by atoms with Crippen molar-refractivity contribution in [3.63, 3.8) is 0 Å². The highest BCUT2D eigenvalue weighted by molar-refractivity contribution is 6.33. The number of hydrogen-bond acceptors (Lipinski definition) is 5. The molecule has 2 aromatic carbocycles. The summed E-state index contributed by atoms with van der Waals surface area (Å²) >= 11 is 6.10. The Morgan fingerprint density at radius 1 is 1.15 bits per heavy atom. The first kappa shape index (κ1) is 24.4. The zero-order chi connectivity index (χ0) is 24.2. The van der Waals surface area contributed by atoms with Crippen LogP contribution < -0.4 is 0 Å². The number of carbonyl (C=O) groups excluding carboxylic acids is 2. The van der Waals surface area contributed by atoms with E-state index in [1.165, 1.54) is 36.3 Å². The molecule has 1 aliphatic rings. The Morgan fingerprint density at radius 2 is 1.79 bits per heavy atom. The molecular formula is C23H21ClF3N3O3. The number of aliphatic imine (C=N–C) groups is 1. The number of rotatable bonds is 6. The Morgan fingerprint density at radius 3 is 2.39 bits per heavy atom. The Hall–Kier alpha value is -3.20. The summed E-state index contributed by atoms with van der Waals surface area (Å²) in [7, 11) is 1.26. The normalized spacial score (nSPS) is 16.6. The van der Waals surface area contributed by atoms with Gasteiger partial charge >= 0.3 is 12.1 Å². The number of ether oxygens (including phenoxy) is 1. The lowest BCUT2D eigenvalue weighted by Crippen LogP contribution is -2.41. The molecule has 33 heavy (non-hydrogen) atoms. The van der Waals surface area contributed by atoms with Crippen LogP contribution in [-0.4, -0.2) is 54.1 Å². The van der Waals surface area contributed by atoms with Crippen molar-refractivity contribution in [1.29, 1.82) is 5.41 Å². The number of likely N-dealkylation sites (tertiary alicyclic amines) is 1. The van der Waals surface area contributed by atoms with Gasteiger partial charge in [0.05, 0.1) is 23.5 Å². The van der Waals surface area contributed by atoms with Gasteiger partial charge in [0.1, 0.15) is 11.8 Å². The summed E-state index contributed by atoms with van der Waals surface area (Å²) in [5, 5.41) is 7.65. The summed E-state index contributed by atoms with van der Waals surface area (Å²) in [6.07, 6.45) is -4.39. The van der Waals surface area contributed by atoms with Crippen LogP contribution in [0.5, 0.6) is 0 Å². The minimum absolute atomic E-state index is 0.0157. The van der Waals surface area contributed by atoms with Crippen molar-refractivity contribution in [2.75, 3.05) is 13.7 Å². The first-order valence-corrected chi connectivity index (χ1v) is 10.5. The van der Waals surface area contributed by atoms with Gasteiger partial charge < -0.3 is 15.0 Å². The standard InChI is InChI=1S/C23H21ClF3N3O3/c1-33-22(32)19-7-4-12-30(19)21(31)15-10-8-14(9-11-15)18(13-20(28)23(25,26)27)29-17-6-3-2-5-16(17)24/h2-3,5-6,8-11,19,28H,4,7,12-13H2,1H3. The number of nitrogens with one attached hydrogen (secondary N) is 1. The lowest BCUT2D eigenvalue weighted by molar-refractivity contribution is -0.145. The largest absolute Gasteiger partial charge is 0.467 e. The van der Waals surface area contributed by atoms with Crippen LogP contribution in [0, 0.1) is 5.41 Å². The predicted molar refractivity (Wildman–Crippen MR) is 119 cm³/mol. The third-order valence-electron chi connectivity index (χ3n) is 5.25. The minimum Gasteiger partial charge on any atom is -0.467 e. The number of carbonyl (C=O) groups is 2. The second-order valence-corrected chi connectivity index (χ2v) is 7.83. The number of methoxy groups -OCH3 is 1. The molecule has 1 heterocycles. The fraction of sp³-hybridized carbons (Fsp3) is 0.304. The fourth-order valence-corrected chi connectivity index (χ4v) is 3.70. The van der Waals surface area contributed by atoms with Crippen molar-refractivity contribution < 1.29 is 27.5 Å². The van der Waals surface area contributed by atoms with Gasteiger partial charge in [-0.15, -0.1) is 0 Å². The van der Waals surface area contributed by atoms with Crippen LogP contribution in [0.15, 0.2) is 53.5 Å². The van der Waals surface area contributed by atoms with E-state index < -0.39 is 30.3 Å². The fourth-order valence-electron chi connectivity index (χ4n) is 3.52. The highest BCUT2D eigenvalue weighted by Gasteiger charge is 2.36. The molecule has 0 spiro atoms. The molecule has 6 nitrogen and oxygen atoms in total. The van der Waals surface area contributed by atoms with E-state index in [4.69, 9.17) is 21.7 Å². The number of para-hydroxylation sites is 1. The van der Waals surface area contributed by atoms with Crippen LogP contribution in [0.3, 0.4) is 0 Å². The van der Waals surface area contributed by atoms with Crippen LogP contribution in [0.4, 0.5) is 18.9 Å². The maximum Gasteiger partial charge on any atom is 0.429 e. The number of amides is 1. The highest BCUT2D eigenvalue weighted by Crippen LogP contribution is 2.27. The lowest BCUT2D eigenvalue weighted by Gasteiger charge is -2.22. The van der Waals surface area contributed by atoms with Gasteiger partial charge in [0, 0.05) is 18.5 Å². The van der Waals surface area contributed by atoms with Crippen molar-refractivity contribution in [2.45, 2.75) is 31.5 Å². The number of alkyl halides is 3. The Bertz CT molecular complexity index is 1080. The van der Waals surface area contributed by atoms with E-state index in [1.54, 1.807) is 24.3 Å². The molecule has 1 amide bonds. The summed E-state index contributed by atoms with van der Waals surface area (Å²) < 4.78 is 43.8. The second-order valence-electron chi connectivity index (χ2n) is 7.42. The number of benzene rings is 2. The number of hydrogen-bond donors (Lipinski definition) is 1. The smallest absolute Gasteiger partial charge is 0.429 e. The highest BCUT2D eigenvalue weighted by atomic mass is 35.5. The topological polar surface area (TPSA) is 82.8 Å². The van der Waals surface area contributed by atoms with Gasteiger partial charge in [-0.25, -0.2) is 4.79 Å². The van der Waals surface area contributed by atoms with E-state index in [9.17, 15) is 22.8 Å². The van der Waals surface area contributed by atoms with Crippen LogP contribution in [0.1, 0.15) is 35.2 Å². The molecule has 1 fully saturated rings. The number of esters is 1. The molecule has 2 aromatic rings. The maximum absolute atomic E-state index is 13.0. The predicted octanol–water partition coefficient (Wildman–Crippen LogP) is 5.21. The summed E-state index contributed by atoms with van der Waals surface area (Å²) in [6, 6.07) is 11.6. The molecule has 0 aromatic heterocycles. The molecule has 0 radical (unpaired) electrons. The quantitative estimate of drug-likeness (QED) is 0.456. The number of nitrogens with zero attached hydrogens (tertiary/aromatic N) is 2. The Labute approximate surface area is 193 Å². The molecule has 1 saturated heterocycles. The van der Waals surface area contributed by atoms with Crippen molar-refractivity contribution in [3.05, 3.63) is 64.7 Å². The van der Waals surface area contributed by atoms with Crippen molar-refractivity contribution >= 4 is 40.6 Å². The van der Waals surface area contributed by atoms with Gasteiger partial charge in [0.25, 0.3) is 5.91 Å². The first-order valence-electron chi connectivity index (χ1n) is 10.1. The zero-order valence-electron chi connectivity index (χ0n) is 17.7. The van der Waals surface area contributed by atoms with Crippen molar-refractivity contribution in [2.24, 2.45) is 4.99 Å². The van der Waals surface area contributed by atoms with Gasteiger partial charge in [-0.1, -0.05) is 35.9 Å². The summed E-state index contributed by atoms with van der Waals surface area (Å²) in [5.41, 5.74) is -0.615. The molecule has 0 saturated carbocycles. The molecule has 3 rings (SSSR count). The van der Waals surface area contributed by atoms with Gasteiger partial charge in [-0.2, -0.15) is 13.2 Å². The first-order chi connectivity index (χ1) is 15.6. The molecule has 1 N–H and O–H groups in total. The van der Waals surface area contributed by atoms with Gasteiger partial charge in [0.2, 0.25) is 0 Å². The molecule has 1 aliphatic heterocycles. The molecule has 0 bridgehead atoms. The average Bonchev–Trinajstić information content (AvgIpc) is 3.28. The van der Waals surface area contributed by atoms with Crippen LogP contribution >= 0.6 is 11.6 Å². The molecule has 1 atom stereocenters. The lowest BCUT2D eigenvalue weighted by atomic mass is 10.0. The van der Waals surface area contributed by atoms with E-state index in [0.717, 1.165) is 0 Å². The van der Waals surface area contributed by atoms with E-state index in [1.807, 2.05) is 0 Å². The van der Waals surface area contributed by atoms with E-state index in [2.05, 4.69) is 4.99 Å². The summed E-state index contributed by atoms with van der Waals surface area (Å²) in [5.74, 6) is -0.862. The van der Waals surface area contributed by atoms with Gasteiger partial charge in [-0.3, -0.25) is 9.79 Å². The van der Waals surface area contributed by atoms with Crippen LogP contribution in [-0.2, 0) is 9.53 Å². The van der Waals surface area contributed by atoms with Crippen LogP contribution in [0.2, 0.25) is 5.02 Å². The molecule has 174 valence electrons. The number of halogens is 4. The Balaban J connectivity index is 1.91. The maximum atomic E-state index is 13.0. The average molecular weight is 480 g/mol. The van der Waals surface area contributed by atoms with Crippen molar-refractivity contribution in [3.8, 4) is 0 Å². The third kappa shape index (κ3) is 5.78. The van der Waals surface area contributed by atoms with E-state index >= 15 is 0 Å². The van der Waals surface area contributed by atoms with Crippen LogP contribution in [0.25, 0.3) is 0 Å². The van der Waals surface area contributed by atoms with Crippen molar-refractivity contribution in [1.82, 2.24) is 4.90 Å². The second kappa shape index (κ2) is 10.2. The molecule has 1 unspecified atom stereocenters. The SMILES string of the molecule is COC(=O)C1CCCN1C(=O)c1ccc(C(CC(=N)C(F)(F)F)=Nc2ccccc2Cl)cc1. The summed E-state index contributed by atoms with van der Waals surface area (Å²) in [6.45, 7) is 0.405. The molecule has 10 heteroatoms.